The van der Waals surface area contributed by atoms with Crippen molar-refractivity contribution in [3.63, 3.8) is 0 Å². The van der Waals surface area contributed by atoms with Gasteiger partial charge in [0.25, 0.3) is 0 Å². The summed E-state index contributed by atoms with van der Waals surface area (Å²) in [5.41, 5.74) is 5.54. The molecule has 1 atom stereocenters. The summed E-state index contributed by atoms with van der Waals surface area (Å²) in [6, 6.07) is 3.51. The smallest absolute Gasteiger partial charge is 0.242 e. The van der Waals surface area contributed by atoms with E-state index in [4.69, 9.17) is 10.8 Å². The lowest BCUT2D eigenvalue weighted by molar-refractivity contribution is -0.116. The van der Waals surface area contributed by atoms with Crippen LogP contribution in [0.5, 0.6) is 11.5 Å². The molecule has 5 N–H and O–H groups in total. The summed E-state index contributed by atoms with van der Waals surface area (Å²) >= 11 is 3.87. The number of hydrogen-bond acceptors (Lipinski definition) is 5. The number of hydrogen-bond donors (Lipinski definition) is 5. The van der Waals surface area contributed by atoms with Crippen LogP contribution in [0, 0.1) is 0 Å². The van der Waals surface area contributed by atoms with E-state index in [1.807, 2.05) is 0 Å². The second-order valence-corrected chi connectivity index (χ2v) is 3.32. The van der Waals surface area contributed by atoms with E-state index in [0.29, 0.717) is 0 Å². The van der Waals surface area contributed by atoms with Crippen LogP contribution in [0.15, 0.2) is 18.2 Å². The summed E-state index contributed by atoms with van der Waals surface area (Å²) in [5.74, 6) is -0.943. The molecule has 0 spiro atoms. The molecule has 1 amide bonds. The fourth-order valence-electron chi connectivity index (χ4n) is 0.941. The second-order valence-electron chi connectivity index (χ2n) is 2.95. The molecule has 0 saturated carbocycles. The number of rotatable bonds is 3. The average Bonchev–Trinajstić information content (AvgIpc) is 2.23. The van der Waals surface area contributed by atoms with Gasteiger partial charge in [0.05, 0.1) is 11.7 Å². The van der Waals surface area contributed by atoms with E-state index in [9.17, 15) is 9.90 Å². The minimum absolute atomic E-state index is 0.122. The predicted octanol–water partition coefficient (Wildman–Crippen LogP) is 0.293. The number of phenolic OH excluding ortho intramolecular Hbond substituents is 2. The molecule has 0 heterocycles. The van der Waals surface area contributed by atoms with E-state index < -0.39 is 11.9 Å². The first-order chi connectivity index (χ1) is 7.06. The van der Waals surface area contributed by atoms with Crippen molar-refractivity contribution in [3.05, 3.63) is 18.2 Å². The molecular weight excluding hydrogens is 216 g/mol. The first kappa shape index (κ1) is 11.7. The van der Waals surface area contributed by atoms with Crippen molar-refractivity contribution in [2.24, 2.45) is 5.73 Å². The molecule has 0 aromatic heterocycles. The molecule has 0 radical (unpaired) electrons. The Morgan fingerprint density at radius 1 is 1.53 bits per heavy atom. The molecule has 0 fully saturated rings. The van der Waals surface area contributed by atoms with E-state index >= 15 is 0 Å². The number of para-hydroxylation sites is 1. The number of anilines is 1. The highest BCUT2D eigenvalue weighted by Gasteiger charge is 2.14. The standard InChI is InChI=1S/C9H12N2O3S/c10-5(4-15)9(14)11-6-2-1-3-7(12)8(6)13/h1-3,5,12-13,15H,4,10H2,(H,11,14)/t5-/m0/s1. The van der Waals surface area contributed by atoms with Crippen LogP contribution >= 0.6 is 12.6 Å². The van der Waals surface area contributed by atoms with Crippen molar-refractivity contribution >= 4 is 24.2 Å². The van der Waals surface area contributed by atoms with E-state index in [1.54, 1.807) is 0 Å². The zero-order chi connectivity index (χ0) is 11.4. The fraction of sp³-hybridized carbons (Fsp3) is 0.222. The molecule has 0 aliphatic heterocycles. The Balaban J connectivity index is 2.81. The number of thiol groups is 1. The molecule has 1 rings (SSSR count). The lowest BCUT2D eigenvalue weighted by atomic mass is 10.2. The Bertz CT molecular complexity index is 370. The van der Waals surface area contributed by atoms with Crippen LogP contribution < -0.4 is 11.1 Å². The fourth-order valence-corrected chi connectivity index (χ4v) is 1.11. The van der Waals surface area contributed by atoms with Crippen LogP contribution in [0.2, 0.25) is 0 Å². The lowest BCUT2D eigenvalue weighted by Crippen LogP contribution is -2.37. The quantitative estimate of drug-likeness (QED) is 0.379. The van der Waals surface area contributed by atoms with Gasteiger partial charge in [-0.25, -0.2) is 0 Å². The Kier molecular flexibility index (Phi) is 3.81. The zero-order valence-electron chi connectivity index (χ0n) is 7.84. The Hall–Kier alpha value is -1.40. The van der Waals surface area contributed by atoms with Gasteiger partial charge in [0.15, 0.2) is 11.5 Å². The van der Waals surface area contributed by atoms with Crippen LogP contribution in [0.1, 0.15) is 0 Å². The minimum atomic E-state index is -0.755. The van der Waals surface area contributed by atoms with E-state index in [0.717, 1.165) is 0 Å². The molecule has 6 heteroatoms. The monoisotopic (exact) mass is 228 g/mol. The molecule has 1 aromatic rings. The highest BCUT2D eigenvalue weighted by molar-refractivity contribution is 7.80. The molecule has 0 unspecified atom stereocenters. The average molecular weight is 228 g/mol. The third kappa shape index (κ3) is 2.77. The van der Waals surface area contributed by atoms with Gasteiger partial charge in [0.1, 0.15) is 0 Å². The molecule has 82 valence electrons. The summed E-state index contributed by atoms with van der Waals surface area (Å²) in [6.45, 7) is 0. The summed E-state index contributed by atoms with van der Waals surface area (Å²) in [7, 11) is 0. The summed E-state index contributed by atoms with van der Waals surface area (Å²) < 4.78 is 0. The Morgan fingerprint density at radius 2 is 2.20 bits per heavy atom. The van der Waals surface area contributed by atoms with Gasteiger partial charge in [-0.3, -0.25) is 4.79 Å². The predicted molar refractivity (Wildman–Crippen MR) is 60.2 cm³/mol. The van der Waals surface area contributed by atoms with Crippen molar-refractivity contribution in [1.82, 2.24) is 0 Å². The largest absolute Gasteiger partial charge is 0.504 e. The maximum absolute atomic E-state index is 11.3. The molecule has 15 heavy (non-hydrogen) atoms. The maximum atomic E-state index is 11.3. The number of amides is 1. The number of phenols is 2. The number of carbonyl (C=O) groups excluding carboxylic acids is 1. The molecule has 0 aliphatic rings. The molecule has 5 nitrogen and oxygen atoms in total. The van der Waals surface area contributed by atoms with Crippen molar-refractivity contribution in [1.29, 1.82) is 0 Å². The summed E-state index contributed by atoms with van der Waals surface area (Å²) in [6.07, 6.45) is 0. The zero-order valence-corrected chi connectivity index (χ0v) is 8.74. The Morgan fingerprint density at radius 3 is 2.80 bits per heavy atom. The van der Waals surface area contributed by atoms with Crippen molar-refractivity contribution in [2.45, 2.75) is 6.04 Å². The SMILES string of the molecule is N[C@@H](CS)C(=O)Nc1cccc(O)c1O. The van der Waals surface area contributed by atoms with Gasteiger partial charge in [0.2, 0.25) is 5.91 Å². The number of carbonyl (C=O) groups is 1. The summed E-state index contributed by atoms with van der Waals surface area (Å²) in [4.78, 5) is 11.3. The minimum Gasteiger partial charge on any atom is -0.504 e. The molecule has 0 aliphatic carbocycles. The number of nitrogens with two attached hydrogens (primary N) is 1. The highest BCUT2D eigenvalue weighted by atomic mass is 32.1. The Labute approximate surface area is 92.3 Å². The van der Waals surface area contributed by atoms with Crippen LogP contribution in [0.4, 0.5) is 5.69 Å². The van der Waals surface area contributed by atoms with E-state index in [1.165, 1.54) is 18.2 Å². The van der Waals surface area contributed by atoms with E-state index in [2.05, 4.69) is 17.9 Å². The first-order valence-electron chi connectivity index (χ1n) is 4.24. The second kappa shape index (κ2) is 4.90. The lowest BCUT2D eigenvalue weighted by Gasteiger charge is -2.11. The molecule has 1 aromatic carbocycles. The number of nitrogens with one attached hydrogen (secondary N) is 1. The van der Waals surface area contributed by atoms with Crippen LogP contribution in [0.3, 0.4) is 0 Å². The van der Waals surface area contributed by atoms with Crippen LogP contribution in [-0.4, -0.2) is 27.9 Å². The van der Waals surface area contributed by atoms with Crippen molar-refractivity contribution in [3.8, 4) is 11.5 Å². The highest BCUT2D eigenvalue weighted by Crippen LogP contribution is 2.32. The molecule has 0 saturated heterocycles. The van der Waals surface area contributed by atoms with Gasteiger partial charge >= 0.3 is 0 Å². The van der Waals surface area contributed by atoms with Gasteiger partial charge in [-0.15, -0.1) is 0 Å². The van der Waals surface area contributed by atoms with Gasteiger partial charge in [-0.05, 0) is 12.1 Å². The normalized spacial score (nSPS) is 12.1. The topological polar surface area (TPSA) is 95.6 Å². The third-order valence-electron chi connectivity index (χ3n) is 1.81. The van der Waals surface area contributed by atoms with Gasteiger partial charge in [-0.2, -0.15) is 12.6 Å². The number of benzene rings is 1. The van der Waals surface area contributed by atoms with Gasteiger partial charge in [-0.1, -0.05) is 6.07 Å². The number of aromatic hydroxyl groups is 2. The van der Waals surface area contributed by atoms with Gasteiger partial charge < -0.3 is 21.3 Å². The molecular formula is C9H12N2O3S. The molecule has 0 bridgehead atoms. The summed E-state index contributed by atoms with van der Waals surface area (Å²) in [5, 5.41) is 20.9. The third-order valence-corrected chi connectivity index (χ3v) is 2.20. The van der Waals surface area contributed by atoms with Gasteiger partial charge in [0, 0.05) is 5.75 Å². The van der Waals surface area contributed by atoms with Crippen LogP contribution in [-0.2, 0) is 4.79 Å². The first-order valence-corrected chi connectivity index (χ1v) is 4.87. The van der Waals surface area contributed by atoms with Crippen molar-refractivity contribution in [2.75, 3.05) is 11.1 Å². The van der Waals surface area contributed by atoms with Crippen molar-refractivity contribution < 1.29 is 15.0 Å². The van der Waals surface area contributed by atoms with Crippen LogP contribution in [0.25, 0.3) is 0 Å². The van der Waals surface area contributed by atoms with E-state index in [-0.39, 0.29) is 22.9 Å². The maximum Gasteiger partial charge on any atom is 0.242 e.